The molecule has 1 aromatic carbocycles. The van der Waals surface area contributed by atoms with Crippen LogP contribution in [0.3, 0.4) is 0 Å². The Balaban J connectivity index is 1.26. The molecule has 1 aromatic rings. The van der Waals surface area contributed by atoms with Gasteiger partial charge in [0.05, 0.1) is 28.7 Å². The molecule has 0 spiro atoms. The highest BCUT2D eigenvalue weighted by Crippen LogP contribution is 2.72. The lowest BCUT2D eigenvalue weighted by molar-refractivity contribution is -0.114. The van der Waals surface area contributed by atoms with Crippen LogP contribution in [0.4, 0.5) is 0 Å². The summed E-state index contributed by atoms with van der Waals surface area (Å²) in [5.41, 5.74) is 0.860. The second kappa shape index (κ2) is 7.04. The number of esters is 1. The van der Waals surface area contributed by atoms with Gasteiger partial charge in [0, 0.05) is 10.8 Å². The molecule has 4 nitrogen and oxygen atoms in total. The molecule has 0 radical (unpaired) electrons. The molecule has 0 amide bonds. The molecule has 4 aliphatic carbocycles. The number of carbonyl (C=O) groups excluding carboxylic acids is 1. The molecule has 168 valence electrons. The van der Waals surface area contributed by atoms with E-state index in [1.165, 1.54) is 6.42 Å². The van der Waals surface area contributed by atoms with Crippen LogP contribution in [-0.2, 0) is 9.47 Å². The predicted molar refractivity (Wildman–Crippen MR) is 121 cm³/mol. The first-order valence-corrected chi connectivity index (χ1v) is 12.9. The lowest BCUT2D eigenvalue weighted by atomic mass is 9.45. The Hall–Kier alpha value is -0.910. The van der Waals surface area contributed by atoms with Gasteiger partial charge in [-0.2, -0.15) is 0 Å². The maximum absolute atomic E-state index is 12.8. The minimum atomic E-state index is -0.213. The number of fused-ring (bicyclic) bond motifs is 3. The van der Waals surface area contributed by atoms with Crippen molar-refractivity contribution in [2.75, 3.05) is 6.61 Å². The Morgan fingerprint density at radius 1 is 1.13 bits per heavy atom. The number of carbonyl (C=O) groups is 1. The van der Waals surface area contributed by atoms with Crippen molar-refractivity contribution < 1.29 is 19.4 Å². The van der Waals surface area contributed by atoms with Crippen LogP contribution in [0.2, 0.25) is 0 Å². The SMILES string of the molecule is C[C@]12CC[C@H]3[C@@H](C[C@H]4OC[C@@]35CC[C@H](O)C[C@]45Br)[C@@H]1CC[C@H]2OC(=O)c1ccccc1. The number of aliphatic hydroxyl groups is 1. The third-order valence-corrected chi connectivity index (χ3v) is 11.8. The van der Waals surface area contributed by atoms with E-state index in [1.807, 2.05) is 30.3 Å². The number of alkyl halides is 1. The summed E-state index contributed by atoms with van der Waals surface area (Å²) >= 11 is 4.16. The number of hydrogen-bond donors (Lipinski definition) is 1. The summed E-state index contributed by atoms with van der Waals surface area (Å²) in [4.78, 5) is 12.8. The molecule has 6 rings (SSSR count). The molecule has 4 saturated carbocycles. The van der Waals surface area contributed by atoms with Crippen molar-refractivity contribution in [2.24, 2.45) is 28.6 Å². The molecule has 5 heteroatoms. The van der Waals surface area contributed by atoms with E-state index in [0.717, 1.165) is 51.6 Å². The van der Waals surface area contributed by atoms with Gasteiger partial charge in [0.2, 0.25) is 0 Å². The van der Waals surface area contributed by atoms with Crippen LogP contribution in [-0.4, -0.2) is 40.3 Å². The second-order valence-corrected chi connectivity index (χ2v) is 12.6. The monoisotopic (exact) mass is 488 g/mol. The van der Waals surface area contributed by atoms with Gasteiger partial charge in [-0.1, -0.05) is 41.1 Å². The highest BCUT2D eigenvalue weighted by atomic mass is 79.9. The van der Waals surface area contributed by atoms with Crippen LogP contribution >= 0.6 is 15.9 Å². The smallest absolute Gasteiger partial charge is 0.338 e. The quantitative estimate of drug-likeness (QED) is 0.463. The van der Waals surface area contributed by atoms with E-state index < -0.39 is 0 Å². The van der Waals surface area contributed by atoms with Crippen molar-refractivity contribution >= 4 is 21.9 Å². The maximum Gasteiger partial charge on any atom is 0.338 e. The van der Waals surface area contributed by atoms with Crippen LogP contribution in [0.1, 0.15) is 68.6 Å². The summed E-state index contributed by atoms with van der Waals surface area (Å²) in [6, 6.07) is 9.41. The van der Waals surface area contributed by atoms with Crippen LogP contribution in [0.5, 0.6) is 0 Å². The van der Waals surface area contributed by atoms with Crippen LogP contribution in [0.25, 0.3) is 0 Å². The fourth-order valence-corrected chi connectivity index (χ4v) is 9.93. The first-order valence-electron chi connectivity index (χ1n) is 12.1. The molecule has 31 heavy (non-hydrogen) atoms. The molecule has 5 fully saturated rings. The standard InChI is InChI=1S/C26H33BrO4/c1-24-11-10-20-18(13-22-26(27)14-17(28)9-12-25(20,26)15-30-22)19(24)7-8-21(24)31-23(29)16-5-3-2-4-6-16/h2-6,17-22,28H,7-15H2,1H3/t17-,18-,19-,20-,21+,22+,24-,25-,26-/m0/s1. The summed E-state index contributed by atoms with van der Waals surface area (Å²) < 4.78 is 12.5. The van der Waals surface area contributed by atoms with E-state index in [0.29, 0.717) is 23.3 Å². The summed E-state index contributed by atoms with van der Waals surface area (Å²) in [5, 5.41) is 10.4. The predicted octanol–water partition coefficient (Wildman–Crippen LogP) is 5.12. The minimum Gasteiger partial charge on any atom is -0.458 e. The van der Waals surface area contributed by atoms with Crippen molar-refractivity contribution in [3.05, 3.63) is 35.9 Å². The molecular weight excluding hydrogens is 456 g/mol. The Morgan fingerprint density at radius 2 is 1.94 bits per heavy atom. The van der Waals surface area contributed by atoms with Crippen molar-refractivity contribution in [3.8, 4) is 0 Å². The van der Waals surface area contributed by atoms with Gasteiger partial charge in [-0.3, -0.25) is 0 Å². The average Bonchev–Trinajstić information content (AvgIpc) is 3.16. The Morgan fingerprint density at radius 3 is 2.74 bits per heavy atom. The Bertz CT molecular complexity index is 875. The highest BCUT2D eigenvalue weighted by molar-refractivity contribution is 9.10. The largest absolute Gasteiger partial charge is 0.458 e. The zero-order valence-corrected chi connectivity index (χ0v) is 19.9. The number of ether oxygens (including phenoxy) is 2. The second-order valence-electron chi connectivity index (χ2n) is 11.2. The van der Waals surface area contributed by atoms with Crippen LogP contribution in [0, 0.1) is 28.6 Å². The van der Waals surface area contributed by atoms with Gasteiger partial charge in [0.15, 0.2) is 0 Å². The summed E-state index contributed by atoms with van der Waals surface area (Å²) in [7, 11) is 0. The third kappa shape index (κ3) is 2.75. The van der Waals surface area contributed by atoms with Gasteiger partial charge in [0.1, 0.15) is 6.10 Å². The molecule has 1 heterocycles. The van der Waals surface area contributed by atoms with Crippen molar-refractivity contribution in [2.45, 2.75) is 80.9 Å². The molecule has 1 N–H and O–H groups in total. The molecule has 9 atom stereocenters. The molecule has 2 bridgehead atoms. The average molecular weight is 489 g/mol. The number of halogens is 1. The van der Waals surface area contributed by atoms with E-state index in [2.05, 4.69) is 22.9 Å². The molecule has 1 aliphatic heterocycles. The zero-order chi connectivity index (χ0) is 21.4. The minimum absolute atomic E-state index is 0.00561. The number of benzene rings is 1. The first-order chi connectivity index (χ1) is 14.9. The van der Waals surface area contributed by atoms with E-state index in [1.54, 1.807) is 0 Å². The lowest BCUT2D eigenvalue weighted by Gasteiger charge is -2.62. The van der Waals surface area contributed by atoms with Crippen LogP contribution in [0.15, 0.2) is 30.3 Å². The number of hydrogen-bond acceptors (Lipinski definition) is 4. The van der Waals surface area contributed by atoms with E-state index >= 15 is 0 Å². The molecule has 0 aromatic heterocycles. The Kier molecular flexibility index (Phi) is 4.70. The highest BCUT2D eigenvalue weighted by Gasteiger charge is 2.72. The topological polar surface area (TPSA) is 55.8 Å². The van der Waals surface area contributed by atoms with Crippen LogP contribution < -0.4 is 0 Å². The van der Waals surface area contributed by atoms with Gasteiger partial charge in [-0.15, -0.1) is 0 Å². The Labute approximate surface area is 193 Å². The summed E-state index contributed by atoms with van der Waals surface area (Å²) in [5.74, 6) is 1.68. The van der Waals surface area contributed by atoms with Crippen molar-refractivity contribution in [3.63, 3.8) is 0 Å². The molecule has 0 unspecified atom stereocenters. The lowest BCUT2D eigenvalue weighted by Crippen LogP contribution is -2.63. The number of rotatable bonds is 2. The fraction of sp³-hybridized carbons (Fsp3) is 0.731. The maximum atomic E-state index is 12.8. The van der Waals surface area contributed by atoms with E-state index in [4.69, 9.17) is 9.47 Å². The summed E-state index contributed by atoms with van der Waals surface area (Å²) in [6.45, 7) is 3.22. The van der Waals surface area contributed by atoms with E-state index in [9.17, 15) is 9.90 Å². The van der Waals surface area contributed by atoms with Gasteiger partial charge >= 0.3 is 5.97 Å². The first kappa shape index (κ1) is 20.7. The van der Waals surface area contributed by atoms with Gasteiger partial charge < -0.3 is 14.6 Å². The molecule has 5 aliphatic rings. The van der Waals surface area contributed by atoms with E-state index in [-0.39, 0.29) is 39.4 Å². The molecule has 1 saturated heterocycles. The third-order valence-electron chi connectivity index (χ3n) is 10.1. The van der Waals surface area contributed by atoms with Gasteiger partial charge in [0.25, 0.3) is 0 Å². The zero-order valence-electron chi connectivity index (χ0n) is 18.3. The van der Waals surface area contributed by atoms with Gasteiger partial charge in [-0.05, 0) is 81.3 Å². The fourth-order valence-electron chi connectivity index (χ4n) is 8.63. The molecular formula is C26H33BrO4. The number of aliphatic hydroxyl groups excluding tert-OH is 1. The van der Waals surface area contributed by atoms with Crippen molar-refractivity contribution in [1.82, 2.24) is 0 Å². The van der Waals surface area contributed by atoms with Gasteiger partial charge in [-0.25, -0.2) is 4.79 Å². The normalized spacial score (nSPS) is 50.3. The van der Waals surface area contributed by atoms with Crippen molar-refractivity contribution in [1.29, 1.82) is 0 Å². The summed E-state index contributed by atoms with van der Waals surface area (Å²) in [6.07, 6.45) is 8.24.